The van der Waals surface area contributed by atoms with Gasteiger partial charge in [-0.15, -0.1) is 0 Å². The van der Waals surface area contributed by atoms with Gasteiger partial charge in [0.1, 0.15) is 0 Å². The number of nitro groups is 1. The fraction of sp³-hybridized carbons (Fsp3) is 0.632. The molecule has 0 aromatic heterocycles. The molecule has 1 heterocycles. The quantitative estimate of drug-likeness (QED) is 0.621. The van der Waals surface area contributed by atoms with E-state index in [1.54, 1.807) is 18.2 Å². The summed E-state index contributed by atoms with van der Waals surface area (Å²) in [6.07, 6.45) is 5.80. The molecule has 26 heavy (non-hydrogen) atoms. The average molecular weight is 361 g/mol. The Labute approximate surface area is 153 Å². The Balaban J connectivity index is 1.63. The van der Waals surface area contributed by atoms with Gasteiger partial charge in [0, 0.05) is 36.8 Å². The smallest absolute Gasteiger partial charge is 0.273 e. The molecule has 0 spiro atoms. The Morgan fingerprint density at radius 3 is 2.58 bits per heavy atom. The van der Waals surface area contributed by atoms with Gasteiger partial charge in [-0.1, -0.05) is 37.5 Å². The van der Waals surface area contributed by atoms with Crippen LogP contribution >= 0.6 is 0 Å². The first-order valence-corrected chi connectivity index (χ1v) is 9.42. The Kier molecular flexibility index (Phi) is 6.21. The zero-order valence-electron chi connectivity index (χ0n) is 15.1. The van der Waals surface area contributed by atoms with E-state index in [2.05, 4.69) is 10.2 Å². The summed E-state index contributed by atoms with van der Waals surface area (Å²) in [4.78, 5) is 25.6. The standard InChI is InChI=1S/C19H27N3O4/c23-18(14-16-6-2-3-7-17(16)22(24)25)20-15-19(8-4-1-5-9-19)21-10-12-26-13-11-21/h2-3,6-7H,1,4-5,8-15H2,(H,20,23). The van der Waals surface area contributed by atoms with Crippen LogP contribution in [-0.2, 0) is 16.0 Å². The number of nitrogens with one attached hydrogen (secondary N) is 1. The van der Waals surface area contributed by atoms with E-state index >= 15 is 0 Å². The molecular weight excluding hydrogens is 334 g/mol. The summed E-state index contributed by atoms with van der Waals surface area (Å²) in [5, 5.41) is 14.2. The van der Waals surface area contributed by atoms with Crippen molar-refractivity contribution in [3.63, 3.8) is 0 Å². The van der Waals surface area contributed by atoms with Crippen LogP contribution in [0.15, 0.2) is 24.3 Å². The van der Waals surface area contributed by atoms with Crippen molar-refractivity contribution in [1.82, 2.24) is 10.2 Å². The third kappa shape index (κ3) is 4.40. The Hall–Kier alpha value is -1.99. The van der Waals surface area contributed by atoms with Crippen molar-refractivity contribution in [2.24, 2.45) is 0 Å². The first-order valence-electron chi connectivity index (χ1n) is 9.42. The maximum Gasteiger partial charge on any atom is 0.273 e. The number of morpholine rings is 1. The van der Waals surface area contributed by atoms with Gasteiger partial charge in [0.15, 0.2) is 0 Å². The van der Waals surface area contributed by atoms with Crippen molar-refractivity contribution in [2.45, 2.75) is 44.1 Å². The van der Waals surface area contributed by atoms with Crippen molar-refractivity contribution in [3.05, 3.63) is 39.9 Å². The van der Waals surface area contributed by atoms with E-state index in [-0.39, 0.29) is 23.6 Å². The van der Waals surface area contributed by atoms with E-state index < -0.39 is 4.92 Å². The van der Waals surface area contributed by atoms with Gasteiger partial charge in [-0.3, -0.25) is 19.8 Å². The summed E-state index contributed by atoms with van der Waals surface area (Å²) in [5.74, 6) is -0.155. The summed E-state index contributed by atoms with van der Waals surface area (Å²) in [6.45, 7) is 3.89. The summed E-state index contributed by atoms with van der Waals surface area (Å²) in [6, 6.07) is 6.44. The number of rotatable bonds is 6. The molecule has 1 aliphatic heterocycles. The lowest BCUT2D eigenvalue weighted by Crippen LogP contribution is -2.59. The minimum atomic E-state index is -0.432. The molecule has 1 saturated heterocycles. The predicted molar refractivity (Wildman–Crippen MR) is 98.0 cm³/mol. The van der Waals surface area contributed by atoms with Gasteiger partial charge in [0.2, 0.25) is 5.91 Å². The van der Waals surface area contributed by atoms with Crippen molar-refractivity contribution in [1.29, 1.82) is 0 Å². The molecule has 0 bridgehead atoms. The number of carbonyl (C=O) groups excluding carboxylic acids is 1. The van der Waals surface area contributed by atoms with E-state index in [1.807, 2.05) is 0 Å². The van der Waals surface area contributed by atoms with Crippen molar-refractivity contribution < 1.29 is 14.5 Å². The predicted octanol–water partition coefficient (Wildman–Crippen LogP) is 2.29. The summed E-state index contributed by atoms with van der Waals surface area (Å²) >= 11 is 0. The molecule has 0 unspecified atom stereocenters. The van der Waals surface area contributed by atoms with E-state index in [9.17, 15) is 14.9 Å². The molecule has 7 nitrogen and oxygen atoms in total. The Morgan fingerprint density at radius 2 is 1.88 bits per heavy atom. The Bertz CT molecular complexity index is 637. The topological polar surface area (TPSA) is 84.7 Å². The van der Waals surface area contributed by atoms with Gasteiger partial charge < -0.3 is 10.1 Å². The van der Waals surface area contributed by atoms with Gasteiger partial charge >= 0.3 is 0 Å². The molecule has 1 aliphatic carbocycles. The van der Waals surface area contributed by atoms with Crippen molar-refractivity contribution in [3.8, 4) is 0 Å². The number of para-hydroxylation sites is 1. The minimum Gasteiger partial charge on any atom is -0.379 e. The number of hydrogen-bond donors (Lipinski definition) is 1. The molecule has 1 aromatic rings. The summed E-state index contributed by atoms with van der Waals surface area (Å²) in [7, 11) is 0. The van der Waals surface area contributed by atoms with Crippen LogP contribution in [0.3, 0.4) is 0 Å². The molecule has 1 aromatic carbocycles. The Morgan fingerprint density at radius 1 is 1.19 bits per heavy atom. The van der Waals surface area contributed by atoms with Crippen LogP contribution in [0, 0.1) is 10.1 Å². The molecular formula is C19H27N3O4. The zero-order valence-corrected chi connectivity index (χ0v) is 15.1. The van der Waals surface area contributed by atoms with Crippen molar-refractivity contribution >= 4 is 11.6 Å². The van der Waals surface area contributed by atoms with Crippen molar-refractivity contribution in [2.75, 3.05) is 32.8 Å². The van der Waals surface area contributed by atoms with Crippen LogP contribution in [0.4, 0.5) is 5.69 Å². The van der Waals surface area contributed by atoms with Gasteiger partial charge in [0.05, 0.1) is 24.6 Å². The second-order valence-corrected chi connectivity index (χ2v) is 7.22. The van der Waals surface area contributed by atoms with Crippen LogP contribution in [0.1, 0.15) is 37.7 Å². The number of carbonyl (C=O) groups is 1. The fourth-order valence-corrected chi connectivity index (χ4v) is 4.19. The third-order valence-corrected chi connectivity index (χ3v) is 5.62. The first kappa shape index (κ1) is 18.8. The monoisotopic (exact) mass is 361 g/mol. The fourth-order valence-electron chi connectivity index (χ4n) is 4.19. The molecule has 1 amide bonds. The minimum absolute atomic E-state index is 0.000309. The normalized spacial score (nSPS) is 20.5. The molecule has 2 fully saturated rings. The van der Waals surface area contributed by atoms with Crippen LogP contribution in [0.25, 0.3) is 0 Å². The molecule has 142 valence electrons. The molecule has 7 heteroatoms. The van der Waals surface area contributed by atoms with E-state index in [4.69, 9.17) is 4.74 Å². The molecule has 0 radical (unpaired) electrons. The first-order chi connectivity index (χ1) is 12.6. The molecule has 3 rings (SSSR count). The van der Waals surface area contributed by atoms with Gasteiger partial charge in [-0.25, -0.2) is 0 Å². The molecule has 0 atom stereocenters. The number of nitrogens with zero attached hydrogens (tertiary/aromatic N) is 2. The molecule has 1 N–H and O–H groups in total. The SMILES string of the molecule is O=C(Cc1ccccc1[N+](=O)[O-])NCC1(N2CCOCC2)CCCCC1. The van der Waals surface area contributed by atoms with Crippen LogP contribution in [0.2, 0.25) is 0 Å². The average Bonchev–Trinajstić information content (AvgIpc) is 2.68. The summed E-state index contributed by atoms with van der Waals surface area (Å²) < 4.78 is 5.48. The highest BCUT2D eigenvalue weighted by molar-refractivity contribution is 5.79. The van der Waals surface area contributed by atoms with E-state index in [0.29, 0.717) is 12.1 Å². The highest BCUT2D eigenvalue weighted by Gasteiger charge is 2.38. The lowest BCUT2D eigenvalue weighted by molar-refractivity contribution is -0.385. The van der Waals surface area contributed by atoms with E-state index in [1.165, 1.54) is 25.3 Å². The second-order valence-electron chi connectivity index (χ2n) is 7.22. The molecule has 1 saturated carbocycles. The number of amides is 1. The lowest BCUT2D eigenvalue weighted by atomic mass is 9.79. The highest BCUT2D eigenvalue weighted by atomic mass is 16.6. The maximum absolute atomic E-state index is 12.5. The number of hydrogen-bond acceptors (Lipinski definition) is 5. The lowest BCUT2D eigenvalue weighted by Gasteiger charge is -2.48. The largest absolute Gasteiger partial charge is 0.379 e. The van der Waals surface area contributed by atoms with Gasteiger partial charge in [-0.2, -0.15) is 0 Å². The van der Waals surface area contributed by atoms with Gasteiger partial charge in [-0.05, 0) is 12.8 Å². The number of benzene rings is 1. The zero-order chi connectivity index (χ0) is 18.4. The third-order valence-electron chi connectivity index (χ3n) is 5.62. The summed E-state index contributed by atoms with van der Waals surface area (Å²) in [5.41, 5.74) is 0.461. The van der Waals surface area contributed by atoms with Crippen LogP contribution in [0.5, 0.6) is 0 Å². The number of ether oxygens (including phenoxy) is 1. The number of nitro benzene ring substituents is 1. The second kappa shape index (κ2) is 8.60. The highest BCUT2D eigenvalue weighted by Crippen LogP contribution is 2.34. The molecule has 2 aliphatic rings. The van der Waals surface area contributed by atoms with Crippen LogP contribution in [-0.4, -0.2) is 54.1 Å². The van der Waals surface area contributed by atoms with Gasteiger partial charge in [0.25, 0.3) is 5.69 Å². The maximum atomic E-state index is 12.5. The van der Waals surface area contributed by atoms with E-state index in [0.717, 1.165) is 39.1 Å². The van der Waals surface area contributed by atoms with Crippen LogP contribution < -0.4 is 5.32 Å².